The summed E-state index contributed by atoms with van der Waals surface area (Å²) in [6, 6.07) is 0. The van der Waals surface area contributed by atoms with Gasteiger partial charge in [0.15, 0.2) is 6.10 Å². The molecule has 1 aliphatic carbocycles. The van der Waals surface area contributed by atoms with Gasteiger partial charge in [0.05, 0.1) is 18.8 Å². The predicted molar refractivity (Wildman–Crippen MR) is 221 cm³/mol. The fourth-order valence-electron chi connectivity index (χ4n) is 6.93. The number of rotatable bonds is 35. The van der Waals surface area contributed by atoms with Crippen LogP contribution in [0.4, 0.5) is 0 Å². The third kappa shape index (κ3) is 23.3. The molecule has 58 heavy (non-hydrogen) atoms. The number of esters is 2. The Morgan fingerprint density at radius 3 is 1.67 bits per heavy atom. The van der Waals surface area contributed by atoms with E-state index in [0.717, 1.165) is 83.5 Å². The summed E-state index contributed by atoms with van der Waals surface area (Å²) in [5.41, 5.74) is 0. The Hall–Kier alpha value is -1.71. The van der Waals surface area contributed by atoms with Gasteiger partial charge in [0.1, 0.15) is 43.2 Å². The van der Waals surface area contributed by atoms with Gasteiger partial charge in [-0.3, -0.25) is 18.6 Å². The third-order valence-corrected chi connectivity index (χ3v) is 11.7. The first kappa shape index (κ1) is 52.4. The molecule has 0 aromatic heterocycles. The molecule has 1 saturated heterocycles. The van der Waals surface area contributed by atoms with E-state index < -0.39 is 75.7 Å². The molecule has 1 heterocycles. The predicted octanol–water partition coefficient (Wildman–Crippen LogP) is 7.04. The number of aliphatic hydroxyl groups is 5. The Kier molecular flexibility index (Phi) is 28.2. The highest BCUT2D eigenvalue weighted by Gasteiger charge is 2.51. The summed E-state index contributed by atoms with van der Waals surface area (Å²) in [6.07, 6.45) is 19.8. The van der Waals surface area contributed by atoms with Crippen LogP contribution in [0.2, 0.25) is 0 Å². The zero-order valence-electron chi connectivity index (χ0n) is 35.3. The van der Waals surface area contributed by atoms with E-state index in [-0.39, 0.29) is 12.8 Å². The van der Waals surface area contributed by atoms with Gasteiger partial charge in [-0.05, 0) is 64.2 Å². The lowest BCUT2D eigenvalue weighted by molar-refractivity contribution is -0.220. The summed E-state index contributed by atoms with van der Waals surface area (Å²) < 4.78 is 39.2. The second-order valence-corrected chi connectivity index (χ2v) is 17.3. The molecule has 0 amide bonds. The molecular weight excluding hydrogens is 771 g/mol. The SMILES string of the molecule is CCCCCC/C=C\CCCCCCCC(=O)O[C@H](COC(=O)CCCCCCC/C=C\CC1OC1CCCCC)COP(=O)(O)OC1[C@H](O)[C@H](O)C(O)[C@H](O)[C@H]1O. The van der Waals surface area contributed by atoms with Gasteiger partial charge in [0.25, 0.3) is 0 Å². The van der Waals surface area contributed by atoms with Gasteiger partial charge in [-0.15, -0.1) is 0 Å². The largest absolute Gasteiger partial charge is 0.472 e. The number of epoxide rings is 1. The summed E-state index contributed by atoms with van der Waals surface area (Å²) in [6.45, 7) is 3.22. The number of carbonyl (C=O) groups is 2. The molecule has 1 aliphatic heterocycles. The van der Waals surface area contributed by atoms with Crippen molar-refractivity contribution in [2.24, 2.45) is 0 Å². The molecule has 2 aliphatic rings. The highest BCUT2D eigenvalue weighted by molar-refractivity contribution is 7.47. The second-order valence-electron chi connectivity index (χ2n) is 15.9. The van der Waals surface area contributed by atoms with E-state index >= 15 is 0 Å². The maximum Gasteiger partial charge on any atom is 0.472 e. The molecule has 0 aromatic carbocycles. The lowest BCUT2D eigenvalue weighted by Crippen LogP contribution is -2.64. The zero-order chi connectivity index (χ0) is 42.6. The number of phosphoric ester groups is 1. The van der Waals surface area contributed by atoms with Crippen molar-refractivity contribution in [2.45, 2.75) is 223 Å². The number of aliphatic hydroxyl groups excluding tert-OH is 5. The highest BCUT2D eigenvalue weighted by Crippen LogP contribution is 2.47. The quantitative estimate of drug-likeness (QED) is 0.0124. The molecule has 0 spiro atoms. The van der Waals surface area contributed by atoms with Crippen molar-refractivity contribution in [1.29, 1.82) is 0 Å². The molecule has 14 nitrogen and oxygen atoms in total. The molecule has 10 atom stereocenters. The molecule has 15 heteroatoms. The zero-order valence-corrected chi connectivity index (χ0v) is 36.2. The summed E-state index contributed by atoms with van der Waals surface area (Å²) in [5, 5.41) is 50.1. The normalized spacial score (nSPS) is 26.2. The monoisotopic (exact) mass is 849 g/mol. The van der Waals surface area contributed by atoms with Gasteiger partial charge in [-0.1, -0.05) is 115 Å². The van der Waals surface area contributed by atoms with Crippen LogP contribution in [0.5, 0.6) is 0 Å². The molecule has 0 radical (unpaired) electrons. The van der Waals surface area contributed by atoms with E-state index in [4.69, 9.17) is 23.3 Å². The summed E-state index contributed by atoms with van der Waals surface area (Å²) in [4.78, 5) is 35.6. The lowest BCUT2D eigenvalue weighted by atomic mass is 9.85. The van der Waals surface area contributed by atoms with Gasteiger partial charge < -0.3 is 44.6 Å². The Balaban J connectivity index is 1.72. The van der Waals surface area contributed by atoms with Gasteiger partial charge >= 0.3 is 19.8 Å². The van der Waals surface area contributed by atoms with Crippen molar-refractivity contribution < 1.29 is 67.8 Å². The van der Waals surface area contributed by atoms with E-state index in [1.807, 2.05) is 0 Å². The number of phosphoric acid groups is 1. The number of hydrogen-bond acceptors (Lipinski definition) is 13. The standard InChI is InChI=1S/C43H77O14P/c1-3-5-7-8-9-10-11-12-13-14-19-22-26-30-37(45)55-33(32-54-58(51,52)57-43-41(49)39(47)38(46)40(48)42(43)50)31-53-36(44)29-25-21-18-16-15-17-20-24-28-35-34(56-35)27-23-6-4-2/h10-11,20,24,33-35,38-43,46-50H,3-9,12-19,21-23,25-32H2,1-2H3,(H,51,52)/b11-10-,24-20-/t33-,34?,35?,38?,39-,40+,41-,42-,43?/m1/s1. The van der Waals surface area contributed by atoms with E-state index in [0.29, 0.717) is 25.0 Å². The molecular formula is C43H77O14P. The fourth-order valence-corrected chi connectivity index (χ4v) is 7.91. The molecule has 0 aromatic rings. The Morgan fingerprint density at radius 1 is 0.603 bits per heavy atom. The van der Waals surface area contributed by atoms with Gasteiger partial charge in [-0.2, -0.15) is 0 Å². The lowest BCUT2D eigenvalue weighted by Gasteiger charge is -2.41. The first-order valence-corrected chi connectivity index (χ1v) is 23.8. The summed E-state index contributed by atoms with van der Waals surface area (Å²) in [7, 11) is -5.12. The van der Waals surface area contributed by atoms with Crippen molar-refractivity contribution in [3.63, 3.8) is 0 Å². The molecule has 338 valence electrons. The van der Waals surface area contributed by atoms with Crippen LogP contribution >= 0.6 is 7.82 Å². The number of carbonyl (C=O) groups excluding carboxylic acids is 2. The number of unbranched alkanes of at least 4 members (excludes halogenated alkanes) is 16. The fraction of sp³-hybridized carbons (Fsp3) is 0.860. The number of ether oxygens (including phenoxy) is 3. The van der Waals surface area contributed by atoms with E-state index in [1.54, 1.807) is 0 Å². The molecule has 5 unspecified atom stereocenters. The van der Waals surface area contributed by atoms with Crippen LogP contribution < -0.4 is 0 Å². The first-order valence-electron chi connectivity index (χ1n) is 22.3. The summed E-state index contributed by atoms with van der Waals surface area (Å²) in [5.74, 6) is -1.13. The maximum absolute atomic E-state index is 12.8. The van der Waals surface area contributed by atoms with Crippen LogP contribution in [-0.4, -0.2) is 111 Å². The van der Waals surface area contributed by atoms with E-state index in [2.05, 4.69) is 38.2 Å². The van der Waals surface area contributed by atoms with Crippen LogP contribution in [0.3, 0.4) is 0 Å². The highest BCUT2D eigenvalue weighted by atomic mass is 31.2. The number of hydrogen-bond donors (Lipinski definition) is 6. The van der Waals surface area contributed by atoms with E-state index in [1.165, 1.54) is 44.9 Å². The molecule has 1 saturated carbocycles. The van der Waals surface area contributed by atoms with Crippen LogP contribution in [0, 0.1) is 0 Å². The average molecular weight is 849 g/mol. The minimum absolute atomic E-state index is 0.0816. The number of allylic oxidation sites excluding steroid dienone is 3. The molecule has 0 bridgehead atoms. The minimum Gasteiger partial charge on any atom is -0.462 e. The first-order chi connectivity index (χ1) is 27.9. The van der Waals surface area contributed by atoms with Crippen LogP contribution in [-0.2, 0) is 37.4 Å². The van der Waals surface area contributed by atoms with Crippen molar-refractivity contribution in [3.8, 4) is 0 Å². The smallest absolute Gasteiger partial charge is 0.462 e. The van der Waals surface area contributed by atoms with Gasteiger partial charge in [-0.25, -0.2) is 4.57 Å². The van der Waals surface area contributed by atoms with Gasteiger partial charge in [0, 0.05) is 12.8 Å². The molecule has 2 rings (SSSR count). The minimum atomic E-state index is -5.12. The average Bonchev–Trinajstić information content (AvgIpc) is 3.96. The summed E-state index contributed by atoms with van der Waals surface area (Å²) >= 11 is 0. The van der Waals surface area contributed by atoms with Crippen molar-refractivity contribution in [1.82, 2.24) is 0 Å². The van der Waals surface area contributed by atoms with Crippen LogP contribution in [0.15, 0.2) is 24.3 Å². The topological polar surface area (TPSA) is 222 Å². The Labute approximate surface area is 347 Å². The Morgan fingerprint density at radius 2 is 1.09 bits per heavy atom. The second kappa shape index (κ2) is 31.2. The molecule has 2 fully saturated rings. The third-order valence-electron chi connectivity index (χ3n) is 10.7. The van der Waals surface area contributed by atoms with Crippen molar-refractivity contribution in [3.05, 3.63) is 24.3 Å². The molecule has 6 N–H and O–H groups in total. The van der Waals surface area contributed by atoms with Crippen LogP contribution in [0.1, 0.15) is 168 Å². The van der Waals surface area contributed by atoms with E-state index in [9.17, 15) is 44.6 Å². The van der Waals surface area contributed by atoms with Crippen molar-refractivity contribution in [2.75, 3.05) is 13.2 Å². The maximum atomic E-state index is 12.8. The van der Waals surface area contributed by atoms with Gasteiger partial charge in [0.2, 0.25) is 0 Å². The Bertz CT molecular complexity index is 1180. The van der Waals surface area contributed by atoms with Crippen LogP contribution in [0.25, 0.3) is 0 Å². The van der Waals surface area contributed by atoms with Crippen molar-refractivity contribution >= 4 is 19.8 Å².